The summed E-state index contributed by atoms with van der Waals surface area (Å²) in [6, 6.07) is 8.23. The molecule has 1 amide bonds. The van der Waals surface area contributed by atoms with E-state index < -0.39 is 0 Å². The summed E-state index contributed by atoms with van der Waals surface area (Å²) in [6.07, 6.45) is 2.94. The molecule has 1 aromatic carbocycles. The lowest BCUT2D eigenvalue weighted by molar-refractivity contribution is 0.0780. The molecule has 0 saturated carbocycles. The van der Waals surface area contributed by atoms with Crippen molar-refractivity contribution >= 4 is 17.4 Å². The minimum absolute atomic E-state index is 0.150. The number of anilines is 2. The third kappa shape index (κ3) is 3.62. The summed E-state index contributed by atoms with van der Waals surface area (Å²) in [4.78, 5) is 24.2. The molecule has 1 aliphatic rings. The predicted octanol–water partition coefficient (Wildman–Crippen LogP) is 1.17. The molecule has 1 saturated heterocycles. The number of amides is 1. The highest BCUT2D eigenvalue weighted by Gasteiger charge is 2.17. The standard InChI is InChI=1S/C17H21N5O2/c1-21(17(23)15-16(18)20-7-6-19-15)12-13-2-4-14(5-3-13)22-8-10-24-11-9-22/h2-7H,8-12H2,1H3,(H2,18,20). The molecule has 0 bridgehead atoms. The largest absolute Gasteiger partial charge is 0.382 e. The number of ether oxygens (including phenoxy) is 1. The summed E-state index contributed by atoms with van der Waals surface area (Å²) in [5, 5.41) is 0. The first kappa shape index (κ1) is 16.2. The van der Waals surface area contributed by atoms with E-state index in [0.717, 1.165) is 31.9 Å². The van der Waals surface area contributed by atoms with Gasteiger partial charge in [-0.2, -0.15) is 0 Å². The van der Waals surface area contributed by atoms with Gasteiger partial charge in [-0.3, -0.25) is 4.79 Å². The first-order valence-corrected chi connectivity index (χ1v) is 7.89. The van der Waals surface area contributed by atoms with Crippen LogP contribution in [0.4, 0.5) is 11.5 Å². The lowest BCUT2D eigenvalue weighted by Gasteiger charge is -2.29. The molecule has 2 heterocycles. The van der Waals surface area contributed by atoms with Gasteiger partial charge < -0.3 is 20.3 Å². The highest BCUT2D eigenvalue weighted by molar-refractivity contribution is 5.96. The van der Waals surface area contributed by atoms with Crippen LogP contribution in [0.3, 0.4) is 0 Å². The van der Waals surface area contributed by atoms with Gasteiger partial charge in [-0.1, -0.05) is 12.1 Å². The fourth-order valence-electron chi connectivity index (χ4n) is 2.67. The zero-order chi connectivity index (χ0) is 16.9. The second-order valence-electron chi connectivity index (χ2n) is 5.72. The van der Waals surface area contributed by atoms with Crippen LogP contribution in [-0.2, 0) is 11.3 Å². The van der Waals surface area contributed by atoms with E-state index in [-0.39, 0.29) is 17.4 Å². The SMILES string of the molecule is CN(Cc1ccc(N2CCOCC2)cc1)C(=O)c1nccnc1N. The number of benzene rings is 1. The maximum atomic E-state index is 12.4. The maximum Gasteiger partial charge on any atom is 0.276 e. The van der Waals surface area contributed by atoms with Crippen LogP contribution in [0.15, 0.2) is 36.7 Å². The normalized spacial score (nSPS) is 14.5. The molecule has 24 heavy (non-hydrogen) atoms. The van der Waals surface area contributed by atoms with Crippen molar-refractivity contribution in [1.29, 1.82) is 0 Å². The van der Waals surface area contributed by atoms with Crippen molar-refractivity contribution < 1.29 is 9.53 Å². The summed E-state index contributed by atoms with van der Waals surface area (Å²) in [7, 11) is 1.73. The first-order chi connectivity index (χ1) is 11.6. The number of rotatable bonds is 4. The Hall–Kier alpha value is -2.67. The number of carbonyl (C=O) groups excluding carboxylic acids is 1. The second-order valence-corrected chi connectivity index (χ2v) is 5.72. The molecular formula is C17H21N5O2. The third-order valence-corrected chi connectivity index (χ3v) is 4.01. The molecule has 126 valence electrons. The molecule has 1 aromatic heterocycles. The second kappa shape index (κ2) is 7.27. The summed E-state index contributed by atoms with van der Waals surface area (Å²) in [5.41, 5.74) is 8.13. The van der Waals surface area contributed by atoms with Crippen LogP contribution in [-0.4, -0.2) is 54.1 Å². The van der Waals surface area contributed by atoms with E-state index in [0.29, 0.717) is 6.54 Å². The van der Waals surface area contributed by atoms with Crippen molar-refractivity contribution in [3.63, 3.8) is 0 Å². The third-order valence-electron chi connectivity index (χ3n) is 4.01. The van der Waals surface area contributed by atoms with Crippen LogP contribution in [0.2, 0.25) is 0 Å². The van der Waals surface area contributed by atoms with Gasteiger partial charge in [-0.15, -0.1) is 0 Å². The predicted molar refractivity (Wildman–Crippen MR) is 91.7 cm³/mol. The van der Waals surface area contributed by atoms with Crippen molar-refractivity contribution in [2.24, 2.45) is 0 Å². The fourth-order valence-corrected chi connectivity index (χ4v) is 2.67. The van der Waals surface area contributed by atoms with E-state index in [4.69, 9.17) is 10.5 Å². The molecule has 1 aliphatic heterocycles. The lowest BCUT2D eigenvalue weighted by atomic mass is 10.1. The monoisotopic (exact) mass is 327 g/mol. The zero-order valence-corrected chi connectivity index (χ0v) is 13.7. The average molecular weight is 327 g/mol. The van der Waals surface area contributed by atoms with Crippen LogP contribution < -0.4 is 10.6 Å². The van der Waals surface area contributed by atoms with Crippen LogP contribution in [0.1, 0.15) is 16.1 Å². The summed E-state index contributed by atoms with van der Waals surface area (Å²) in [6.45, 7) is 3.82. The van der Waals surface area contributed by atoms with E-state index in [1.165, 1.54) is 18.1 Å². The molecule has 0 unspecified atom stereocenters. The number of nitrogens with zero attached hydrogens (tertiary/aromatic N) is 4. The number of nitrogen functional groups attached to an aromatic ring is 1. The Morgan fingerprint density at radius 1 is 1.21 bits per heavy atom. The molecule has 7 heteroatoms. The number of hydrogen-bond donors (Lipinski definition) is 1. The zero-order valence-electron chi connectivity index (χ0n) is 13.7. The Labute approximate surface area is 141 Å². The van der Waals surface area contributed by atoms with E-state index in [2.05, 4.69) is 27.0 Å². The molecule has 1 fully saturated rings. The minimum Gasteiger partial charge on any atom is -0.382 e. The minimum atomic E-state index is -0.238. The van der Waals surface area contributed by atoms with Crippen molar-refractivity contribution in [3.05, 3.63) is 47.9 Å². The summed E-state index contributed by atoms with van der Waals surface area (Å²) in [5.74, 6) is -0.0881. The molecule has 7 nitrogen and oxygen atoms in total. The van der Waals surface area contributed by atoms with Gasteiger partial charge in [0.1, 0.15) is 0 Å². The summed E-state index contributed by atoms with van der Waals surface area (Å²) < 4.78 is 5.37. The van der Waals surface area contributed by atoms with Crippen LogP contribution in [0.5, 0.6) is 0 Å². The highest BCUT2D eigenvalue weighted by atomic mass is 16.5. The molecular weight excluding hydrogens is 306 g/mol. The molecule has 3 rings (SSSR count). The molecule has 0 radical (unpaired) electrons. The van der Waals surface area contributed by atoms with Gasteiger partial charge in [-0.25, -0.2) is 9.97 Å². The first-order valence-electron chi connectivity index (χ1n) is 7.89. The van der Waals surface area contributed by atoms with Gasteiger partial charge >= 0.3 is 0 Å². The highest BCUT2D eigenvalue weighted by Crippen LogP contribution is 2.18. The number of nitrogens with two attached hydrogens (primary N) is 1. The Balaban J connectivity index is 1.65. The van der Waals surface area contributed by atoms with E-state index in [1.54, 1.807) is 11.9 Å². The van der Waals surface area contributed by atoms with Gasteiger partial charge in [0.2, 0.25) is 0 Å². The van der Waals surface area contributed by atoms with Gasteiger partial charge in [-0.05, 0) is 17.7 Å². The fraction of sp³-hybridized carbons (Fsp3) is 0.353. The quantitative estimate of drug-likeness (QED) is 0.907. The Morgan fingerprint density at radius 3 is 2.54 bits per heavy atom. The number of morpholine rings is 1. The lowest BCUT2D eigenvalue weighted by Crippen LogP contribution is -2.36. The topological polar surface area (TPSA) is 84.6 Å². The Morgan fingerprint density at radius 2 is 1.88 bits per heavy atom. The number of carbonyl (C=O) groups is 1. The summed E-state index contributed by atoms with van der Waals surface area (Å²) >= 11 is 0. The van der Waals surface area contributed by atoms with Crippen LogP contribution in [0.25, 0.3) is 0 Å². The molecule has 2 N–H and O–H groups in total. The van der Waals surface area contributed by atoms with Crippen LogP contribution >= 0.6 is 0 Å². The molecule has 0 spiro atoms. The van der Waals surface area contributed by atoms with E-state index >= 15 is 0 Å². The van der Waals surface area contributed by atoms with Gasteiger partial charge in [0.15, 0.2) is 11.5 Å². The Kier molecular flexibility index (Phi) is 4.90. The van der Waals surface area contributed by atoms with Crippen molar-refractivity contribution in [1.82, 2.24) is 14.9 Å². The number of hydrogen-bond acceptors (Lipinski definition) is 6. The number of aromatic nitrogens is 2. The van der Waals surface area contributed by atoms with Gasteiger partial charge in [0.05, 0.1) is 13.2 Å². The maximum absolute atomic E-state index is 12.4. The molecule has 0 aliphatic carbocycles. The smallest absolute Gasteiger partial charge is 0.276 e. The van der Waals surface area contributed by atoms with E-state index in [1.807, 2.05) is 12.1 Å². The average Bonchev–Trinajstić information content (AvgIpc) is 2.63. The van der Waals surface area contributed by atoms with Crippen LogP contribution in [0, 0.1) is 0 Å². The Bertz CT molecular complexity index is 698. The van der Waals surface area contributed by atoms with Gasteiger partial charge in [0.25, 0.3) is 5.91 Å². The van der Waals surface area contributed by atoms with E-state index in [9.17, 15) is 4.79 Å². The molecule has 2 aromatic rings. The molecule has 0 atom stereocenters. The van der Waals surface area contributed by atoms with Gasteiger partial charge in [0, 0.05) is 44.8 Å². The van der Waals surface area contributed by atoms with Crippen molar-refractivity contribution in [2.45, 2.75) is 6.54 Å². The van der Waals surface area contributed by atoms with Crippen molar-refractivity contribution in [2.75, 3.05) is 44.0 Å². The van der Waals surface area contributed by atoms with Crippen molar-refractivity contribution in [3.8, 4) is 0 Å².